The minimum atomic E-state index is 0.00862. The van der Waals surface area contributed by atoms with Gasteiger partial charge in [-0.05, 0) is 81.8 Å². The Morgan fingerprint density at radius 2 is 1.84 bits per heavy atom. The maximum atomic E-state index is 12.1. The highest BCUT2D eigenvalue weighted by molar-refractivity contribution is 5.99. The number of carbonyl (C=O) groups is 2. The van der Waals surface area contributed by atoms with E-state index in [1.165, 1.54) is 50.2 Å². The quantitative estimate of drug-likeness (QED) is 0.610. The Balaban J connectivity index is 1.57. The predicted molar refractivity (Wildman–Crippen MR) is 102 cm³/mol. The van der Waals surface area contributed by atoms with Gasteiger partial charge in [-0.3, -0.25) is 9.59 Å². The average Bonchev–Trinajstić information content (AvgIpc) is 3.25. The first-order valence-electron chi connectivity index (χ1n) is 10.1. The molecule has 2 aliphatic rings. The monoisotopic (exact) mass is 340 g/mol. The Morgan fingerprint density at radius 3 is 2.56 bits per heavy atom. The number of carbonyl (C=O) groups excluding carboxylic acids is 2. The van der Waals surface area contributed by atoms with Crippen LogP contribution in [-0.2, 0) is 16.0 Å². The third kappa shape index (κ3) is 4.80. The van der Waals surface area contributed by atoms with E-state index in [4.69, 9.17) is 0 Å². The number of benzene rings is 1. The zero-order valence-electron chi connectivity index (χ0n) is 15.9. The number of hydrogen-bond acceptors (Lipinski definition) is 2. The summed E-state index contributed by atoms with van der Waals surface area (Å²) in [5.41, 5.74) is 4.51. The van der Waals surface area contributed by atoms with Crippen LogP contribution in [0.15, 0.2) is 18.2 Å². The summed E-state index contributed by atoms with van der Waals surface area (Å²) < 4.78 is 0. The van der Waals surface area contributed by atoms with Crippen LogP contribution in [0.2, 0.25) is 0 Å². The molecule has 0 heterocycles. The van der Waals surface area contributed by atoms with Crippen LogP contribution in [0.1, 0.15) is 87.3 Å². The van der Waals surface area contributed by atoms with Crippen molar-refractivity contribution in [3.63, 3.8) is 0 Å². The lowest BCUT2D eigenvalue weighted by Gasteiger charge is -2.18. The van der Waals surface area contributed by atoms with Crippen molar-refractivity contribution in [2.45, 2.75) is 84.0 Å². The normalized spacial score (nSPS) is 23.9. The van der Waals surface area contributed by atoms with Crippen LogP contribution >= 0.6 is 0 Å². The lowest BCUT2D eigenvalue weighted by Crippen LogP contribution is -2.14. The summed E-state index contributed by atoms with van der Waals surface area (Å²) >= 11 is 0. The fourth-order valence-corrected chi connectivity index (χ4v) is 4.94. The maximum Gasteiger partial charge on any atom is 0.143 e. The molecular weight excluding hydrogens is 308 g/mol. The van der Waals surface area contributed by atoms with Gasteiger partial charge in [-0.15, -0.1) is 0 Å². The van der Waals surface area contributed by atoms with Gasteiger partial charge in [0.05, 0.1) is 6.42 Å². The molecule has 0 aliphatic heterocycles. The van der Waals surface area contributed by atoms with Crippen LogP contribution in [-0.4, -0.2) is 11.6 Å². The molecule has 25 heavy (non-hydrogen) atoms. The van der Waals surface area contributed by atoms with Crippen molar-refractivity contribution in [2.24, 2.45) is 11.8 Å². The molecule has 0 spiro atoms. The molecule has 2 nitrogen and oxygen atoms in total. The first-order chi connectivity index (χ1) is 12.0. The van der Waals surface area contributed by atoms with Gasteiger partial charge in [0.25, 0.3) is 0 Å². The van der Waals surface area contributed by atoms with E-state index in [0.29, 0.717) is 5.92 Å². The number of aryl methyl sites for hydroxylation is 2. The van der Waals surface area contributed by atoms with Crippen LogP contribution in [0.4, 0.5) is 0 Å². The van der Waals surface area contributed by atoms with E-state index in [2.05, 4.69) is 25.1 Å². The maximum absolute atomic E-state index is 12.1. The van der Waals surface area contributed by atoms with E-state index in [1.54, 1.807) is 5.56 Å². The van der Waals surface area contributed by atoms with Crippen molar-refractivity contribution in [3.05, 3.63) is 34.9 Å². The lowest BCUT2D eigenvalue weighted by molar-refractivity contribution is -0.128. The summed E-state index contributed by atoms with van der Waals surface area (Å²) in [6.45, 7) is 3.72. The fourth-order valence-electron chi connectivity index (χ4n) is 4.94. The molecule has 0 radical (unpaired) electrons. The molecule has 0 amide bonds. The molecule has 1 aromatic rings. The van der Waals surface area contributed by atoms with Crippen LogP contribution in [0.25, 0.3) is 0 Å². The Morgan fingerprint density at radius 1 is 1.08 bits per heavy atom. The lowest BCUT2D eigenvalue weighted by atomic mass is 9.87. The van der Waals surface area contributed by atoms with E-state index < -0.39 is 0 Å². The minimum absolute atomic E-state index is 0.00862. The van der Waals surface area contributed by atoms with Crippen LogP contribution in [0.3, 0.4) is 0 Å². The molecule has 2 saturated carbocycles. The summed E-state index contributed by atoms with van der Waals surface area (Å²) in [5, 5.41) is 0. The number of rotatable bonds is 7. The van der Waals surface area contributed by atoms with Gasteiger partial charge in [-0.2, -0.15) is 0 Å². The van der Waals surface area contributed by atoms with Gasteiger partial charge in [0.15, 0.2) is 0 Å². The van der Waals surface area contributed by atoms with E-state index in [9.17, 15) is 9.59 Å². The van der Waals surface area contributed by atoms with Crippen LogP contribution < -0.4 is 0 Å². The second-order valence-electron chi connectivity index (χ2n) is 8.44. The van der Waals surface area contributed by atoms with Gasteiger partial charge in [0.2, 0.25) is 0 Å². The molecule has 2 aliphatic carbocycles. The van der Waals surface area contributed by atoms with Gasteiger partial charge in [-0.1, -0.05) is 36.6 Å². The molecule has 1 aromatic carbocycles. The molecular formula is C23H32O2. The van der Waals surface area contributed by atoms with Crippen molar-refractivity contribution in [3.8, 4) is 0 Å². The molecule has 2 atom stereocenters. The fraction of sp³-hybridized carbons (Fsp3) is 0.652. The van der Waals surface area contributed by atoms with Gasteiger partial charge in [-0.25, -0.2) is 0 Å². The highest BCUT2D eigenvalue weighted by Gasteiger charge is 2.30. The van der Waals surface area contributed by atoms with Gasteiger partial charge < -0.3 is 0 Å². The van der Waals surface area contributed by atoms with Crippen molar-refractivity contribution in [1.82, 2.24) is 0 Å². The van der Waals surface area contributed by atoms with Gasteiger partial charge in [0, 0.05) is 5.92 Å². The van der Waals surface area contributed by atoms with Gasteiger partial charge in [0.1, 0.15) is 11.6 Å². The van der Waals surface area contributed by atoms with Crippen molar-refractivity contribution >= 4 is 11.6 Å². The van der Waals surface area contributed by atoms with Crippen LogP contribution in [0, 0.1) is 18.8 Å². The van der Waals surface area contributed by atoms with Crippen molar-refractivity contribution in [1.29, 1.82) is 0 Å². The first-order valence-corrected chi connectivity index (χ1v) is 10.1. The standard InChI is InChI=1S/C23H32O2/c1-16-7-10-20(22(13-16)19-5-3-4-6-19)11-8-18-9-12-21(15-18)23(25)14-17(2)24/h7,10,13,18-19,21H,3-6,8-9,11-12,14-15H2,1-2H3. The van der Waals surface area contributed by atoms with Crippen LogP contribution in [0.5, 0.6) is 0 Å². The SMILES string of the molecule is CC(=O)CC(=O)C1CCC(CCc2ccc(C)cc2C2CCCC2)C1. The summed E-state index contributed by atoms with van der Waals surface area (Å²) in [4.78, 5) is 23.3. The molecule has 136 valence electrons. The Kier molecular flexibility index (Phi) is 6.09. The van der Waals surface area contributed by atoms with E-state index in [0.717, 1.165) is 31.6 Å². The molecule has 0 bridgehead atoms. The third-order valence-electron chi connectivity index (χ3n) is 6.34. The highest BCUT2D eigenvalue weighted by Crippen LogP contribution is 2.39. The molecule has 3 rings (SSSR count). The van der Waals surface area contributed by atoms with Crippen molar-refractivity contribution < 1.29 is 9.59 Å². The smallest absolute Gasteiger partial charge is 0.143 e. The number of ketones is 2. The molecule has 2 fully saturated rings. The second kappa shape index (κ2) is 8.29. The number of hydrogen-bond donors (Lipinski definition) is 0. The van der Waals surface area contributed by atoms with E-state index >= 15 is 0 Å². The Labute approximate surface area is 152 Å². The molecule has 0 saturated heterocycles. The zero-order chi connectivity index (χ0) is 17.8. The zero-order valence-corrected chi connectivity index (χ0v) is 15.9. The van der Waals surface area contributed by atoms with E-state index in [1.807, 2.05) is 0 Å². The minimum Gasteiger partial charge on any atom is -0.300 e. The Hall–Kier alpha value is -1.44. The first kappa shape index (κ1) is 18.4. The van der Waals surface area contributed by atoms with E-state index in [-0.39, 0.29) is 23.9 Å². The molecule has 0 N–H and O–H groups in total. The van der Waals surface area contributed by atoms with Gasteiger partial charge >= 0.3 is 0 Å². The molecule has 2 heteroatoms. The third-order valence-corrected chi connectivity index (χ3v) is 6.34. The summed E-state index contributed by atoms with van der Waals surface area (Å²) in [5.74, 6) is 1.74. The summed E-state index contributed by atoms with van der Waals surface area (Å²) in [6.07, 6.45) is 11.1. The average molecular weight is 341 g/mol. The molecule has 2 unspecified atom stereocenters. The predicted octanol–water partition coefficient (Wildman–Crippen LogP) is 5.55. The second-order valence-corrected chi connectivity index (χ2v) is 8.44. The largest absolute Gasteiger partial charge is 0.300 e. The highest BCUT2D eigenvalue weighted by atomic mass is 16.1. The topological polar surface area (TPSA) is 34.1 Å². The summed E-state index contributed by atoms with van der Waals surface area (Å²) in [7, 11) is 0. The Bertz CT molecular complexity index is 625. The van der Waals surface area contributed by atoms with Crippen molar-refractivity contribution in [2.75, 3.05) is 0 Å². The summed E-state index contributed by atoms with van der Waals surface area (Å²) in [6, 6.07) is 7.01. The molecule has 0 aromatic heterocycles. The number of Topliss-reactive ketones (excluding diaryl/α,β-unsaturated/α-hetero) is 2.